The molecule has 0 fully saturated rings. The molecular weight excluding hydrogens is 400 g/mol. The maximum absolute atomic E-state index is 5.68. The van der Waals surface area contributed by atoms with Gasteiger partial charge in [-0.15, -0.1) is 11.8 Å². The number of halogens is 2. The molecular formula is C15H16Br2N2S. The van der Waals surface area contributed by atoms with Crippen LogP contribution in [0, 0.1) is 0 Å². The second-order valence-electron chi connectivity index (χ2n) is 4.43. The Morgan fingerprint density at radius 1 is 1.10 bits per heavy atom. The highest BCUT2D eigenvalue weighted by atomic mass is 79.9. The Hall–Kier alpha value is -0.330. The Labute approximate surface area is 140 Å². The minimum Gasteiger partial charge on any atom is -0.271 e. The van der Waals surface area contributed by atoms with Crippen molar-refractivity contribution in [3.05, 3.63) is 63.0 Å². The van der Waals surface area contributed by atoms with Gasteiger partial charge >= 0.3 is 0 Å². The molecule has 0 aromatic heterocycles. The number of nitrogens with one attached hydrogen (secondary N) is 1. The summed E-state index contributed by atoms with van der Waals surface area (Å²) in [6.45, 7) is 0. The molecule has 0 amide bonds. The fourth-order valence-electron chi connectivity index (χ4n) is 1.85. The molecule has 0 bridgehead atoms. The van der Waals surface area contributed by atoms with Crippen LogP contribution in [0.1, 0.15) is 5.56 Å². The van der Waals surface area contributed by atoms with Crippen LogP contribution in [0.5, 0.6) is 0 Å². The van der Waals surface area contributed by atoms with Gasteiger partial charge in [0.1, 0.15) is 0 Å². The van der Waals surface area contributed by atoms with Crippen molar-refractivity contribution in [1.82, 2.24) is 5.43 Å². The van der Waals surface area contributed by atoms with Crippen LogP contribution in [0.15, 0.2) is 62.4 Å². The van der Waals surface area contributed by atoms with Crippen LogP contribution in [-0.4, -0.2) is 11.8 Å². The summed E-state index contributed by atoms with van der Waals surface area (Å²) in [4.78, 5) is 1.24. The van der Waals surface area contributed by atoms with E-state index in [2.05, 4.69) is 67.6 Å². The van der Waals surface area contributed by atoms with Gasteiger partial charge in [-0.3, -0.25) is 11.3 Å². The molecule has 106 valence electrons. The zero-order valence-electron chi connectivity index (χ0n) is 10.9. The molecule has 2 aromatic rings. The van der Waals surface area contributed by atoms with Crippen molar-refractivity contribution in [2.24, 2.45) is 5.84 Å². The largest absolute Gasteiger partial charge is 0.271 e. The molecule has 0 heterocycles. The Morgan fingerprint density at radius 2 is 1.90 bits per heavy atom. The van der Waals surface area contributed by atoms with Gasteiger partial charge in [-0.25, -0.2) is 0 Å². The Balaban J connectivity index is 1.94. The number of rotatable bonds is 6. The molecule has 0 saturated carbocycles. The number of nitrogens with two attached hydrogens (primary N) is 1. The number of thioether (sulfide) groups is 1. The molecule has 2 aromatic carbocycles. The van der Waals surface area contributed by atoms with Crippen LogP contribution in [0.2, 0.25) is 0 Å². The van der Waals surface area contributed by atoms with Gasteiger partial charge in [0.05, 0.1) is 0 Å². The number of hydrogen-bond donors (Lipinski definition) is 2. The normalized spacial score (nSPS) is 12.3. The third-order valence-corrected chi connectivity index (χ3v) is 5.33. The highest BCUT2D eigenvalue weighted by Crippen LogP contribution is 2.24. The van der Waals surface area contributed by atoms with Gasteiger partial charge in [0.2, 0.25) is 0 Å². The lowest BCUT2D eigenvalue weighted by Crippen LogP contribution is -2.38. The minimum atomic E-state index is 0.234. The Kier molecular flexibility index (Phi) is 6.58. The predicted octanol–water partition coefficient (Wildman–Crippen LogP) is 4.38. The molecule has 2 rings (SSSR count). The first-order valence-electron chi connectivity index (χ1n) is 6.27. The highest BCUT2D eigenvalue weighted by Gasteiger charge is 2.10. The SMILES string of the molecule is NNC(CSc1cccc(Br)c1)Cc1ccccc1Br. The zero-order valence-corrected chi connectivity index (χ0v) is 14.8. The molecule has 0 spiro atoms. The smallest absolute Gasteiger partial charge is 0.0345 e. The standard InChI is InChI=1S/C15H16Br2N2S/c16-12-5-3-6-14(9-12)20-10-13(19-18)8-11-4-1-2-7-15(11)17/h1-7,9,13,19H,8,10,18H2. The van der Waals surface area contributed by atoms with E-state index in [9.17, 15) is 0 Å². The maximum atomic E-state index is 5.68. The van der Waals surface area contributed by atoms with Gasteiger partial charge in [0.25, 0.3) is 0 Å². The van der Waals surface area contributed by atoms with Crippen molar-refractivity contribution in [2.75, 3.05) is 5.75 Å². The molecule has 1 unspecified atom stereocenters. The highest BCUT2D eigenvalue weighted by molar-refractivity contribution is 9.10. The number of hydrazine groups is 1. The van der Waals surface area contributed by atoms with Crippen molar-refractivity contribution in [3.8, 4) is 0 Å². The van der Waals surface area contributed by atoms with Crippen molar-refractivity contribution < 1.29 is 0 Å². The van der Waals surface area contributed by atoms with Crippen LogP contribution < -0.4 is 11.3 Å². The summed E-state index contributed by atoms with van der Waals surface area (Å²) in [5.41, 5.74) is 4.18. The number of hydrogen-bond acceptors (Lipinski definition) is 3. The van der Waals surface area contributed by atoms with E-state index in [1.54, 1.807) is 11.8 Å². The lowest BCUT2D eigenvalue weighted by atomic mass is 10.1. The lowest BCUT2D eigenvalue weighted by Gasteiger charge is -2.16. The molecule has 3 N–H and O–H groups in total. The molecule has 2 nitrogen and oxygen atoms in total. The summed E-state index contributed by atoms with van der Waals surface area (Å²) in [5.74, 6) is 6.60. The average Bonchev–Trinajstić information content (AvgIpc) is 2.45. The summed E-state index contributed by atoms with van der Waals surface area (Å²) in [6.07, 6.45) is 0.902. The van der Waals surface area contributed by atoms with Crippen LogP contribution in [0.3, 0.4) is 0 Å². The summed E-state index contributed by atoms with van der Waals surface area (Å²) in [6, 6.07) is 16.8. The number of benzene rings is 2. The van der Waals surface area contributed by atoms with Crippen LogP contribution in [0.4, 0.5) is 0 Å². The van der Waals surface area contributed by atoms with Crippen molar-refractivity contribution in [2.45, 2.75) is 17.4 Å². The second kappa shape index (κ2) is 8.20. The molecule has 0 aliphatic carbocycles. The second-order valence-corrected chi connectivity index (χ2v) is 7.29. The summed E-state index contributed by atoms with van der Waals surface area (Å²) < 4.78 is 2.23. The fraction of sp³-hybridized carbons (Fsp3) is 0.200. The zero-order chi connectivity index (χ0) is 14.4. The van der Waals surface area contributed by atoms with E-state index >= 15 is 0 Å². The van der Waals surface area contributed by atoms with E-state index in [-0.39, 0.29) is 6.04 Å². The van der Waals surface area contributed by atoms with E-state index in [0.29, 0.717) is 0 Å². The van der Waals surface area contributed by atoms with Crippen molar-refractivity contribution >= 4 is 43.6 Å². The summed E-state index contributed by atoms with van der Waals surface area (Å²) >= 11 is 8.87. The van der Waals surface area contributed by atoms with Gasteiger partial charge < -0.3 is 0 Å². The summed E-state index contributed by atoms with van der Waals surface area (Å²) in [7, 11) is 0. The fourth-order valence-corrected chi connectivity index (χ4v) is 3.84. The third-order valence-electron chi connectivity index (χ3n) is 2.91. The molecule has 0 saturated heterocycles. The average molecular weight is 416 g/mol. The van der Waals surface area contributed by atoms with Gasteiger partial charge in [-0.2, -0.15) is 0 Å². The van der Waals surface area contributed by atoms with Crippen LogP contribution in [-0.2, 0) is 6.42 Å². The van der Waals surface area contributed by atoms with E-state index in [4.69, 9.17) is 5.84 Å². The van der Waals surface area contributed by atoms with Gasteiger partial charge in [0, 0.05) is 25.6 Å². The van der Waals surface area contributed by atoms with E-state index in [1.165, 1.54) is 10.5 Å². The molecule has 1 atom stereocenters. The van der Waals surface area contributed by atoms with Crippen molar-refractivity contribution in [1.29, 1.82) is 0 Å². The van der Waals surface area contributed by atoms with Gasteiger partial charge in [0.15, 0.2) is 0 Å². The lowest BCUT2D eigenvalue weighted by molar-refractivity contribution is 0.574. The quantitative estimate of drug-likeness (QED) is 0.417. The molecule has 5 heteroatoms. The van der Waals surface area contributed by atoms with E-state index < -0.39 is 0 Å². The Morgan fingerprint density at radius 3 is 2.60 bits per heavy atom. The van der Waals surface area contributed by atoms with Crippen LogP contribution in [0.25, 0.3) is 0 Å². The molecule has 0 radical (unpaired) electrons. The van der Waals surface area contributed by atoms with Crippen molar-refractivity contribution in [3.63, 3.8) is 0 Å². The first-order chi connectivity index (χ1) is 9.69. The maximum Gasteiger partial charge on any atom is 0.0345 e. The topological polar surface area (TPSA) is 38.0 Å². The summed E-state index contributed by atoms with van der Waals surface area (Å²) in [5, 5.41) is 0. The van der Waals surface area contributed by atoms with E-state index in [1.807, 2.05) is 18.2 Å². The minimum absolute atomic E-state index is 0.234. The van der Waals surface area contributed by atoms with Gasteiger partial charge in [-0.1, -0.05) is 56.1 Å². The van der Waals surface area contributed by atoms with E-state index in [0.717, 1.165) is 21.1 Å². The first-order valence-corrected chi connectivity index (χ1v) is 8.84. The molecule has 0 aliphatic heterocycles. The Bertz CT molecular complexity index is 563. The third kappa shape index (κ3) is 4.90. The first kappa shape index (κ1) is 16.0. The van der Waals surface area contributed by atoms with Gasteiger partial charge in [-0.05, 0) is 36.2 Å². The molecule has 0 aliphatic rings. The molecule has 20 heavy (non-hydrogen) atoms. The monoisotopic (exact) mass is 414 g/mol. The predicted molar refractivity (Wildman–Crippen MR) is 93.8 cm³/mol. The van der Waals surface area contributed by atoms with Crippen LogP contribution >= 0.6 is 43.6 Å².